The first kappa shape index (κ1) is 17.4. The molecule has 0 atom stereocenters. The summed E-state index contributed by atoms with van der Waals surface area (Å²) in [6.45, 7) is 8.43. The minimum atomic E-state index is -0.377. The van der Waals surface area contributed by atoms with Crippen LogP contribution in [0.1, 0.15) is 25.6 Å². The van der Waals surface area contributed by atoms with Crippen molar-refractivity contribution >= 4 is 11.5 Å². The van der Waals surface area contributed by atoms with E-state index in [2.05, 4.69) is 15.3 Å². The molecule has 120 valence electrons. The lowest BCUT2D eigenvalue weighted by Gasteiger charge is -2.17. The van der Waals surface area contributed by atoms with Crippen molar-refractivity contribution in [1.29, 1.82) is 0 Å². The fourth-order valence-electron chi connectivity index (χ4n) is 2.02. The molecule has 0 spiro atoms. The second kappa shape index (κ2) is 7.94. The van der Waals surface area contributed by atoms with E-state index in [1.807, 2.05) is 20.9 Å². The number of hydrogen-bond acceptors (Lipinski definition) is 6. The molecule has 0 bridgehead atoms. The first-order valence-corrected chi connectivity index (χ1v) is 7.03. The molecule has 1 aromatic rings. The highest BCUT2D eigenvalue weighted by molar-refractivity contribution is 5.59. The fourth-order valence-corrected chi connectivity index (χ4v) is 2.02. The highest BCUT2D eigenvalue weighted by Gasteiger charge is 2.26. The maximum absolute atomic E-state index is 11.2. The van der Waals surface area contributed by atoms with Gasteiger partial charge in [-0.25, -0.2) is 4.68 Å². The molecule has 0 radical (unpaired) electrons. The van der Waals surface area contributed by atoms with Crippen molar-refractivity contribution in [3.05, 3.63) is 15.8 Å². The molecule has 1 rings (SSSR count). The Morgan fingerprint density at radius 2 is 2.14 bits per heavy atom. The molecule has 21 heavy (non-hydrogen) atoms. The zero-order chi connectivity index (χ0) is 16.0. The van der Waals surface area contributed by atoms with Crippen LogP contribution in [0.5, 0.6) is 0 Å². The van der Waals surface area contributed by atoms with Crippen LogP contribution in [0.2, 0.25) is 0 Å². The number of methoxy groups -OCH3 is 1. The van der Waals surface area contributed by atoms with Gasteiger partial charge in [-0.15, -0.1) is 0 Å². The molecule has 0 aliphatic heterocycles. The highest BCUT2D eigenvalue weighted by atomic mass is 16.6. The summed E-state index contributed by atoms with van der Waals surface area (Å²) in [5.41, 5.74) is 0.493. The quantitative estimate of drug-likeness (QED) is 0.551. The number of hydrogen-bond donors (Lipinski definition) is 1. The van der Waals surface area contributed by atoms with Gasteiger partial charge >= 0.3 is 5.69 Å². The monoisotopic (exact) mass is 299 g/mol. The molecule has 1 aromatic heterocycles. The average Bonchev–Trinajstić information content (AvgIpc) is 2.73. The summed E-state index contributed by atoms with van der Waals surface area (Å²) in [5, 5.41) is 18.6. The summed E-state index contributed by atoms with van der Waals surface area (Å²) in [4.78, 5) is 12.9. The average molecular weight is 299 g/mol. The molecule has 1 N–H and O–H groups in total. The van der Waals surface area contributed by atoms with Gasteiger partial charge in [0.25, 0.3) is 0 Å². The third kappa shape index (κ3) is 4.68. The van der Waals surface area contributed by atoms with E-state index >= 15 is 0 Å². The van der Waals surface area contributed by atoms with Crippen LogP contribution < -0.4 is 5.32 Å². The lowest BCUT2D eigenvalue weighted by molar-refractivity contribution is -0.384. The highest BCUT2D eigenvalue weighted by Crippen LogP contribution is 2.30. The molecule has 0 fully saturated rings. The maximum atomic E-state index is 11.2. The standard InChI is InChI=1S/C13H25N5O3/c1-10(2)17-13(12(18(19)20)11(3)15-17)14-6-7-16(4)8-9-21-5/h10,14H,6-9H2,1-5H3. The molecule has 8 heteroatoms. The third-order valence-electron chi connectivity index (χ3n) is 3.19. The van der Waals surface area contributed by atoms with Crippen LogP contribution in [0.3, 0.4) is 0 Å². The molecule has 1 heterocycles. The van der Waals surface area contributed by atoms with Gasteiger partial charge < -0.3 is 15.0 Å². The number of rotatable bonds is 9. The van der Waals surface area contributed by atoms with E-state index in [0.717, 1.165) is 13.1 Å². The molecule has 0 aromatic carbocycles. The zero-order valence-corrected chi connectivity index (χ0v) is 13.4. The van der Waals surface area contributed by atoms with Crippen LogP contribution in [0.25, 0.3) is 0 Å². The Bertz CT molecular complexity index is 473. The minimum absolute atomic E-state index is 0.0586. The van der Waals surface area contributed by atoms with Crippen LogP contribution in [-0.4, -0.2) is 60.0 Å². The van der Waals surface area contributed by atoms with Crippen molar-refractivity contribution < 1.29 is 9.66 Å². The first-order chi connectivity index (χ1) is 9.88. The summed E-state index contributed by atoms with van der Waals surface area (Å²) in [7, 11) is 3.65. The topological polar surface area (TPSA) is 85.5 Å². The number of ether oxygens (including phenoxy) is 1. The Labute approximate surface area is 125 Å². The van der Waals surface area contributed by atoms with E-state index in [-0.39, 0.29) is 16.7 Å². The van der Waals surface area contributed by atoms with E-state index in [4.69, 9.17) is 4.74 Å². The van der Waals surface area contributed by atoms with Gasteiger partial charge in [0.1, 0.15) is 5.69 Å². The predicted molar refractivity (Wildman–Crippen MR) is 81.9 cm³/mol. The SMILES string of the molecule is COCCN(C)CCNc1c([N+](=O)[O-])c(C)nn1C(C)C. The number of likely N-dealkylation sites (N-methyl/N-ethyl adjacent to an activating group) is 1. The molecule has 0 aliphatic rings. The summed E-state index contributed by atoms with van der Waals surface area (Å²) >= 11 is 0. The maximum Gasteiger partial charge on any atom is 0.333 e. The van der Waals surface area contributed by atoms with E-state index in [0.29, 0.717) is 24.7 Å². The molecular weight excluding hydrogens is 274 g/mol. The first-order valence-electron chi connectivity index (χ1n) is 7.03. The molecule has 0 amide bonds. The van der Waals surface area contributed by atoms with Crippen LogP contribution >= 0.6 is 0 Å². The van der Waals surface area contributed by atoms with E-state index in [1.54, 1.807) is 18.7 Å². The number of aryl methyl sites for hydroxylation is 1. The number of nitrogens with one attached hydrogen (secondary N) is 1. The Hall–Kier alpha value is -1.67. The Morgan fingerprint density at radius 3 is 2.67 bits per heavy atom. The van der Waals surface area contributed by atoms with Gasteiger partial charge in [0, 0.05) is 32.8 Å². The van der Waals surface area contributed by atoms with Gasteiger partial charge in [0.2, 0.25) is 5.82 Å². The molecule has 0 saturated heterocycles. The second-order valence-corrected chi connectivity index (χ2v) is 5.30. The lowest BCUT2D eigenvalue weighted by atomic mass is 10.3. The molecule has 0 saturated carbocycles. The number of aromatic nitrogens is 2. The smallest absolute Gasteiger partial charge is 0.333 e. The van der Waals surface area contributed by atoms with Gasteiger partial charge in [-0.1, -0.05) is 0 Å². The van der Waals surface area contributed by atoms with Crippen LogP contribution in [-0.2, 0) is 4.74 Å². The van der Waals surface area contributed by atoms with E-state index in [1.165, 1.54) is 0 Å². The summed E-state index contributed by atoms with van der Waals surface area (Å²) < 4.78 is 6.69. The van der Waals surface area contributed by atoms with Gasteiger partial charge in [0.05, 0.1) is 11.5 Å². The van der Waals surface area contributed by atoms with Crippen molar-refractivity contribution in [1.82, 2.24) is 14.7 Å². The van der Waals surface area contributed by atoms with Crippen LogP contribution in [0, 0.1) is 17.0 Å². The predicted octanol–water partition coefficient (Wildman–Crippen LogP) is 1.67. The number of anilines is 1. The van der Waals surface area contributed by atoms with Gasteiger partial charge in [-0.05, 0) is 27.8 Å². The summed E-state index contributed by atoms with van der Waals surface area (Å²) in [6.07, 6.45) is 0. The Balaban J connectivity index is 2.75. The summed E-state index contributed by atoms with van der Waals surface area (Å²) in [6, 6.07) is 0.0612. The zero-order valence-electron chi connectivity index (χ0n) is 13.4. The van der Waals surface area contributed by atoms with Crippen molar-refractivity contribution in [2.75, 3.05) is 45.7 Å². The van der Waals surface area contributed by atoms with E-state index < -0.39 is 0 Å². The van der Waals surface area contributed by atoms with Crippen LogP contribution in [0.15, 0.2) is 0 Å². The van der Waals surface area contributed by atoms with Crippen molar-refractivity contribution in [2.24, 2.45) is 0 Å². The Kier molecular flexibility index (Phi) is 6.57. The number of nitrogens with zero attached hydrogens (tertiary/aromatic N) is 4. The Morgan fingerprint density at radius 1 is 1.48 bits per heavy atom. The molecular formula is C13H25N5O3. The molecule has 0 aliphatic carbocycles. The fraction of sp³-hybridized carbons (Fsp3) is 0.769. The van der Waals surface area contributed by atoms with Crippen molar-refractivity contribution in [2.45, 2.75) is 26.8 Å². The van der Waals surface area contributed by atoms with Crippen molar-refractivity contribution in [3.8, 4) is 0 Å². The molecule has 0 unspecified atom stereocenters. The minimum Gasteiger partial charge on any atom is -0.383 e. The lowest BCUT2D eigenvalue weighted by Crippen LogP contribution is -2.28. The molecule has 8 nitrogen and oxygen atoms in total. The van der Waals surface area contributed by atoms with Gasteiger partial charge in [-0.2, -0.15) is 5.10 Å². The number of nitro groups is 1. The normalized spacial score (nSPS) is 11.4. The summed E-state index contributed by atoms with van der Waals surface area (Å²) in [5.74, 6) is 0.479. The third-order valence-corrected chi connectivity index (χ3v) is 3.19. The van der Waals surface area contributed by atoms with Gasteiger partial charge in [0.15, 0.2) is 0 Å². The largest absolute Gasteiger partial charge is 0.383 e. The van der Waals surface area contributed by atoms with Crippen molar-refractivity contribution in [3.63, 3.8) is 0 Å². The second-order valence-electron chi connectivity index (χ2n) is 5.30. The van der Waals surface area contributed by atoms with E-state index in [9.17, 15) is 10.1 Å². The van der Waals surface area contributed by atoms with Gasteiger partial charge in [-0.3, -0.25) is 10.1 Å². The van der Waals surface area contributed by atoms with Crippen LogP contribution in [0.4, 0.5) is 11.5 Å².